The van der Waals surface area contributed by atoms with Crippen molar-refractivity contribution in [1.82, 2.24) is 9.88 Å². The fourth-order valence-electron chi connectivity index (χ4n) is 3.23. The Morgan fingerprint density at radius 3 is 2.57 bits per heavy atom. The minimum Gasteiger partial charge on any atom is -0.443 e. The molecule has 28 heavy (non-hydrogen) atoms. The van der Waals surface area contributed by atoms with Crippen molar-refractivity contribution in [2.75, 3.05) is 24.5 Å². The number of carbonyl (C=O) groups is 1. The third-order valence-corrected chi connectivity index (χ3v) is 4.64. The minimum atomic E-state index is -0.279. The third-order valence-electron chi connectivity index (χ3n) is 4.64. The standard InChI is InChI=1S/C22H24N4O2/c1-3-25(18-10-5-4-6-11-18)15-9-12-24-21(27)20-17(2)28-22(19(20)16-23)26-13-7-8-14-26/h4-8,10-11,13-14H,3,9,12,15H2,1-2H3,(H,24,27). The van der Waals surface area contributed by atoms with E-state index >= 15 is 0 Å². The van der Waals surface area contributed by atoms with Crippen LogP contribution in [-0.4, -0.2) is 30.1 Å². The molecule has 1 amide bonds. The molecule has 1 N–H and O–H groups in total. The number of aryl methyl sites for hydroxylation is 1. The zero-order valence-electron chi connectivity index (χ0n) is 16.2. The Morgan fingerprint density at radius 1 is 1.21 bits per heavy atom. The van der Waals surface area contributed by atoms with Crippen molar-refractivity contribution in [2.24, 2.45) is 0 Å². The van der Waals surface area contributed by atoms with Crippen LogP contribution in [0.5, 0.6) is 0 Å². The highest BCUT2D eigenvalue weighted by Gasteiger charge is 2.24. The van der Waals surface area contributed by atoms with Crippen molar-refractivity contribution in [2.45, 2.75) is 20.3 Å². The van der Waals surface area contributed by atoms with E-state index in [0.717, 1.165) is 19.5 Å². The van der Waals surface area contributed by atoms with Crippen molar-refractivity contribution in [1.29, 1.82) is 5.26 Å². The van der Waals surface area contributed by atoms with E-state index in [9.17, 15) is 10.1 Å². The molecular weight excluding hydrogens is 352 g/mol. The fraction of sp³-hybridized carbons (Fsp3) is 0.273. The Morgan fingerprint density at radius 2 is 1.93 bits per heavy atom. The largest absolute Gasteiger partial charge is 0.443 e. The average molecular weight is 376 g/mol. The van der Waals surface area contributed by atoms with Gasteiger partial charge in [-0.05, 0) is 44.5 Å². The number of carbonyl (C=O) groups excluding carboxylic acids is 1. The van der Waals surface area contributed by atoms with Crippen molar-refractivity contribution < 1.29 is 9.21 Å². The number of amides is 1. The summed E-state index contributed by atoms with van der Waals surface area (Å²) < 4.78 is 7.39. The van der Waals surface area contributed by atoms with E-state index in [-0.39, 0.29) is 11.5 Å². The topological polar surface area (TPSA) is 74.2 Å². The molecule has 0 bridgehead atoms. The summed E-state index contributed by atoms with van der Waals surface area (Å²) in [6, 6.07) is 16.0. The summed E-state index contributed by atoms with van der Waals surface area (Å²) in [6.45, 7) is 6.08. The molecule has 2 heterocycles. The van der Waals surface area contributed by atoms with Crippen LogP contribution < -0.4 is 10.2 Å². The highest BCUT2D eigenvalue weighted by Crippen LogP contribution is 2.25. The second-order valence-corrected chi connectivity index (χ2v) is 6.44. The van der Waals surface area contributed by atoms with E-state index in [1.165, 1.54) is 5.69 Å². The maximum absolute atomic E-state index is 12.7. The molecule has 0 radical (unpaired) electrons. The molecule has 0 unspecified atom stereocenters. The summed E-state index contributed by atoms with van der Waals surface area (Å²) in [5.74, 6) is 0.535. The number of benzene rings is 1. The number of furan rings is 1. The van der Waals surface area contributed by atoms with Crippen LogP contribution in [-0.2, 0) is 0 Å². The SMILES string of the molecule is CCN(CCCNC(=O)c1c(C)oc(-n2cccc2)c1C#N)c1ccccc1. The lowest BCUT2D eigenvalue weighted by molar-refractivity contribution is 0.0951. The van der Waals surface area contributed by atoms with E-state index in [0.29, 0.717) is 23.8 Å². The van der Waals surface area contributed by atoms with Crippen molar-refractivity contribution in [3.05, 3.63) is 71.7 Å². The molecule has 2 aromatic heterocycles. The lowest BCUT2D eigenvalue weighted by Gasteiger charge is -2.23. The van der Waals surface area contributed by atoms with Gasteiger partial charge in [-0.2, -0.15) is 5.26 Å². The van der Waals surface area contributed by atoms with Crippen LogP contribution in [0.15, 0.2) is 59.3 Å². The molecule has 6 nitrogen and oxygen atoms in total. The first-order valence-electron chi connectivity index (χ1n) is 9.40. The highest BCUT2D eigenvalue weighted by molar-refractivity contribution is 5.98. The molecule has 0 aliphatic carbocycles. The summed E-state index contributed by atoms with van der Waals surface area (Å²) in [7, 11) is 0. The molecule has 6 heteroatoms. The highest BCUT2D eigenvalue weighted by atomic mass is 16.4. The molecule has 1 aromatic carbocycles. The zero-order chi connectivity index (χ0) is 19.9. The van der Waals surface area contributed by atoms with Gasteiger partial charge in [0.2, 0.25) is 5.88 Å². The Bertz CT molecular complexity index is 953. The third kappa shape index (κ3) is 4.09. The van der Waals surface area contributed by atoms with Gasteiger partial charge >= 0.3 is 0 Å². The molecule has 0 aliphatic heterocycles. The summed E-state index contributed by atoms with van der Waals surface area (Å²) in [4.78, 5) is 14.9. The van der Waals surface area contributed by atoms with Crippen LogP contribution in [0.1, 0.15) is 35.0 Å². The van der Waals surface area contributed by atoms with Crippen LogP contribution in [0, 0.1) is 18.3 Å². The number of nitrogens with zero attached hydrogens (tertiary/aromatic N) is 3. The zero-order valence-corrected chi connectivity index (χ0v) is 16.2. The van der Waals surface area contributed by atoms with Crippen LogP contribution in [0.3, 0.4) is 0 Å². The molecule has 0 saturated heterocycles. The Balaban J connectivity index is 1.62. The number of rotatable bonds is 8. The van der Waals surface area contributed by atoms with E-state index in [4.69, 9.17) is 4.42 Å². The van der Waals surface area contributed by atoms with E-state index in [1.807, 2.05) is 30.3 Å². The maximum atomic E-state index is 12.7. The molecule has 0 aliphatic rings. The molecule has 0 spiro atoms. The molecule has 144 valence electrons. The number of hydrogen-bond donors (Lipinski definition) is 1. The number of aromatic nitrogens is 1. The second-order valence-electron chi connectivity index (χ2n) is 6.44. The number of nitriles is 1. The normalized spacial score (nSPS) is 10.5. The Hall–Kier alpha value is -3.46. The number of nitrogens with one attached hydrogen (secondary N) is 1. The van der Waals surface area contributed by atoms with Gasteiger partial charge in [0, 0.05) is 37.7 Å². The van der Waals surface area contributed by atoms with Gasteiger partial charge in [-0.25, -0.2) is 0 Å². The summed E-state index contributed by atoms with van der Waals surface area (Å²) in [5.41, 5.74) is 1.73. The van der Waals surface area contributed by atoms with Crippen LogP contribution >= 0.6 is 0 Å². The monoisotopic (exact) mass is 376 g/mol. The van der Waals surface area contributed by atoms with Gasteiger partial charge in [0.25, 0.3) is 5.91 Å². The van der Waals surface area contributed by atoms with Gasteiger partial charge in [-0.1, -0.05) is 18.2 Å². The lowest BCUT2D eigenvalue weighted by Crippen LogP contribution is -2.30. The van der Waals surface area contributed by atoms with E-state index in [2.05, 4.69) is 35.3 Å². The summed E-state index contributed by atoms with van der Waals surface area (Å²) >= 11 is 0. The van der Waals surface area contributed by atoms with Crippen molar-refractivity contribution >= 4 is 11.6 Å². The molecule has 0 saturated carbocycles. The van der Waals surface area contributed by atoms with Crippen molar-refractivity contribution in [3.8, 4) is 12.0 Å². The fourth-order valence-corrected chi connectivity index (χ4v) is 3.23. The van der Waals surface area contributed by atoms with Crippen LogP contribution in [0.4, 0.5) is 5.69 Å². The van der Waals surface area contributed by atoms with Crippen LogP contribution in [0.2, 0.25) is 0 Å². The Kier molecular flexibility index (Phi) is 6.18. The maximum Gasteiger partial charge on any atom is 0.256 e. The van der Waals surface area contributed by atoms with Gasteiger partial charge < -0.3 is 14.6 Å². The summed E-state index contributed by atoms with van der Waals surface area (Å²) in [6.07, 6.45) is 4.37. The number of hydrogen-bond acceptors (Lipinski definition) is 4. The van der Waals surface area contributed by atoms with Gasteiger partial charge in [-0.15, -0.1) is 0 Å². The van der Waals surface area contributed by atoms with Gasteiger partial charge in [0.1, 0.15) is 23.0 Å². The molecule has 3 aromatic rings. The molecule has 0 fully saturated rings. The average Bonchev–Trinajstić information content (AvgIpc) is 3.36. The first-order chi connectivity index (χ1) is 13.7. The second kappa shape index (κ2) is 8.96. The van der Waals surface area contributed by atoms with Crippen molar-refractivity contribution in [3.63, 3.8) is 0 Å². The number of para-hydroxylation sites is 1. The van der Waals surface area contributed by atoms with Crippen LogP contribution in [0.25, 0.3) is 5.88 Å². The first kappa shape index (κ1) is 19.3. The molecular formula is C22H24N4O2. The van der Waals surface area contributed by atoms with E-state index < -0.39 is 0 Å². The first-order valence-corrected chi connectivity index (χ1v) is 9.40. The lowest BCUT2D eigenvalue weighted by atomic mass is 10.1. The van der Waals surface area contributed by atoms with Gasteiger partial charge in [0.05, 0.1) is 0 Å². The predicted molar refractivity (Wildman–Crippen MR) is 109 cm³/mol. The summed E-state index contributed by atoms with van der Waals surface area (Å²) in [5, 5.41) is 12.5. The molecule has 0 atom stereocenters. The quantitative estimate of drug-likeness (QED) is 0.605. The minimum absolute atomic E-state index is 0.255. The van der Waals surface area contributed by atoms with Gasteiger partial charge in [-0.3, -0.25) is 9.36 Å². The predicted octanol–water partition coefficient (Wildman–Crippen LogP) is 3.90. The van der Waals surface area contributed by atoms with E-state index in [1.54, 1.807) is 23.9 Å². The van der Waals surface area contributed by atoms with Gasteiger partial charge in [0.15, 0.2) is 0 Å². The Labute approximate surface area is 165 Å². The number of anilines is 1. The molecule has 3 rings (SSSR count). The smallest absolute Gasteiger partial charge is 0.256 e.